The lowest BCUT2D eigenvalue weighted by Gasteiger charge is -2.42. The molecule has 1 aliphatic rings. The summed E-state index contributed by atoms with van der Waals surface area (Å²) in [5.41, 5.74) is -0.416. The van der Waals surface area contributed by atoms with Crippen molar-refractivity contribution in [3.63, 3.8) is 0 Å². The maximum Gasteiger partial charge on any atom is 0.312 e. The number of carbonyl (C=O) groups excluding carboxylic acids is 1. The number of β-amino-alcohol motifs (C(OH)–C–C–N with tert-alkyl or cyclic N) is 1. The van der Waals surface area contributed by atoms with Crippen LogP contribution in [0.4, 0.5) is 4.39 Å². The zero-order valence-corrected chi connectivity index (χ0v) is 13.9. The minimum atomic E-state index is -1.16. The quantitative estimate of drug-likeness (QED) is 0.834. The highest BCUT2D eigenvalue weighted by molar-refractivity contribution is 5.79. The average Bonchev–Trinajstić information content (AvgIpc) is 2.54. The molecule has 0 unspecified atom stereocenters. The van der Waals surface area contributed by atoms with E-state index in [0.29, 0.717) is 25.8 Å². The van der Waals surface area contributed by atoms with Gasteiger partial charge in [0.05, 0.1) is 11.5 Å². The zero-order chi connectivity index (χ0) is 17.7. The fourth-order valence-corrected chi connectivity index (χ4v) is 3.40. The summed E-state index contributed by atoms with van der Waals surface area (Å²) in [6.45, 7) is 2.24. The summed E-state index contributed by atoms with van der Waals surface area (Å²) in [6.07, 6.45) is 0.878. The van der Waals surface area contributed by atoms with E-state index >= 15 is 0 Å². The first-order valence-electron chi connectivity index (χ1n) is 8.32. The lowest BCUT2D eigenvalue weighted by atomic mass is 9.72. The number of likely N-dealkylation sites (tertiary alicyclic amines) is 1. The molecular weight excluding hydrogens is 313 g/mol. The Kier molecular flexibility index (Phi) is 5.94. The highest BCUT2D eigenvalue weighted by atomic mass is 19.1. The van der Waals surface area contributed by atoms with E-state index < -0.39 is 17.5 Å². The number of aliphatic carboxylic acids is 1. The standard InChI is InChI=1S/C18H24FNO4/c1-2-8-18(17(23)24)9-10-20(12-15(18)21)16(22)7-6-13-4-3-5-14(19)11-13/h3-5,11,15,21H,2,6-10,12H2,1H3,(H,23,24)/t15-,18-/m0/s1. The molecule has 0 radical (unpaired) electrons. The second-order valence-corrected chi connectivity index (χ2v) is 6.45. The molecule has 6 heteroatoms. The number of amides is 1. The number of aliphatic hydroxyl groups is 1. The van der Waals surface area contributed by atoms with Gasteiger partial charge >= 0.3 is 5.97 Å². The first kappa shape index (κ1) is 18.4. The number of rotatable bonds is 6. The van der Waals surface area contributed by atoms with Crippen molar-refractivity contribution in [2.75, 3.05) is 13.1 Å². The first-order chi connectivity index (χ1) is 11.4. The molecule has 1 amide bonds. The van der Waals surface area contributed by atoms with Crippen molar-refractivity contribution in [2.45, 2.75) is 45.1 Å². The van der Waals surface area contributed by atoms with Crippen molar-refractivity contribution < 1.29 is 24.2 Å². The third-order valence-corrected chi connectivity index (χ3v) is 4.85. The van der Waals surface area contributed by atoms with Gasteiger partial charge < -0.3 is 15.1 Å². The van der Waals surface area contributed by atoms with Crippen molar-refractivity contribution >= 4 is 11.9 Å². The summed E-state index contributed by atoms with van der Waals surface area (Å²) in [5, 5.41) is 19.8. The van der Waals surface area contributed by atoms with Crippen LogP contribution in [0, 0.1) is 11.2 Å². The Morgan fingerprint density at radius 1 is 1.42 bits per heavy atom. The topological polar surface area (TPSA) is 77.8 Å². The minimum Gasteiger partial charge on any atom is -0.481 e. The second kappa shape index (κ2) is 7.75. The van der Waals surface area contributed by atoms with E-state index in [4.69, 9.17) is 0 Å². The van der Waals surface area contributed by atoms with Crippen LogP contribution >= 0.6 is 0 Å². The molecule has 132 valence electrons. The molecule has 1 aromatic carbocycles. The van der Waals surface area contributed by atoms with Crippen LogP contribution < -0.4 is 0 Å². The highest BCUT2D eigenvalue weighted by Crippen LogP contribution is 2.37. The highest BCUT2D eigenvalue weighted by Gasteiger charge is 2.48. The summed E-state index contributed by atoms with van der Waals surface area (Å²) in [5.74, 6) is -1.48. The molecule has 1 heterocycles. The molecule has 2 N–H and O–H groups in total. The van der Waals surface area contributed by atoms with E-state index in [-0.39, 0.29) is 31.1 Å². The number of benzene rings is 1. The number of aliphatic hydroxyl groups excluding tert-OH is 1. The molecule has 0 bridgehead atoms. The molecule has 5 nitrogen and oxygen atoms in total. The molecule has 0 spiro atoms. The number of aryl methyl sites for hydroxylation is 1. The van der Waals surface area contributed by atoms with Crippen molar-refractivity contribution in [1.82, 2.24) is 4.90 Å². The maximum absolute atomic E-state index is 13.1. The smallest absolute Gasteiger partial charge is 0.312 e. The number of hydrogen-bond acceptors (Lipinski definition) is 3. The molecule has 1 aromatic rings. The molecule has 0 aliphatic carbocycles. The predicted octanol–water partition coefficient (Wildman–Crippen LogP) is 2.22. The van der Waals surface area contributed by atoms with E-state index in [1.807, 2.05) is 6.92 Å². The number of halogens is 1. The first-order valence-corrected chi connectivity index (χ1v) is 8.32. The number of nitrogens with zero attached hydrogens (tertiary/aromatic N) is 1. The van der Waals surface area contributed by atoms with Crippen LogP contribution in [0.1, 0.15) is 38.2 Å². The minimum absolute atomic E-state index is 0.0360. The molecule has 1 aliphatic heterocycles. The fourth-order valence-electron chi connectivity index (χ4n) is 3.40. The monoisotopic (exact) mass is 337 g/mol. The Morgan fingerprint density at radius 3 is 2.75 bits per heavy atom. The van der Waals surface area contributed by atoms with Crippen LogP contribution in [0.3, 0.4) is 0 Å². The fraction of sp³-hybridized carbons (Fsp3) is 0.556. The summed E-state index contributed by atoms with van der Waals surface area (Å²) in [7, 11) is 0. The third kappa shape index (κ3) is 3.93. The molecule has 0 saturated carbocycles. The number of carboxylic acids is 1. The average molecular weight is 337 g/mol. The van der Waals surface area contributed by atoms with Crippen LogP contribution in [0.5, 0.6) is 0 Å². The van der Waals surface area contributed by atoms with Gasteiger partial charge in [-0.15, -0.1) is 0 Å². The van der Waals surface area contributed by atoms with Gasteiger partial charge in [-0.3, -0.25) is 9.59 Å². The number of hydrogen-bond donors (Lipinski definition) is 2. The molecule has 2 rings (SSSR count). The SMILES string of the molecule is CCC[C@]1(C(=O)O)CCN(C(=O)CCc2cccc(F)c2)C[C@@H]1O. The van der Waals surface area contributed by atoms with Crippen LogP contribution in [0.15, 0.2) is 24.3 Å². The summed E-state index contributed by atoms with van der Waals surface area (Å²) >= 11 is 0. The van der Waals surface area contributed by atoms with Crippen molar-refractivity contribution in [2.24, 2.45) is 5.41 Å². The van der Waals surface area contributed by atoms with Gasteiger partial charge in [-0.25, -0.2) is 4.39 Å². The van der Waals surface area contributed by atoms with Gasteiger partial charge in [-0.1, -0.05) is 25.5 Å². The van der Waals surface area contributed by atoms with E-state index in [1.165, 1.54) is 17.0 Å². The van der Waals surface area contributed by atoms with Crippen molar-refractivity contribution in [3.8, 4) is 0 Å². The molecule has 1 fully saturated rings. The molecular formula is C18H24FNO4. The van der Waals surface area contributed by atoms with Gasteiger partial charge in [0.1, 0.15) is 5.82 Å². The number of carboxylic acid groups (broad SMARTS) is 1. The summed E-state index contributed by atoms with van der Waals surface area (Å²) < 4.78 is 13.1. The maximum atomic E-state index is 13.1. The van der Waals surface area contributed by atoms with Crippen LogP contribution in [-0.4, -0.2) is 46.2 Å². The van der Waals surface area contributed by atoms with Gasteiger partial charge in [0.2, 0.25) is 5.91 Å². The summed E-state index contributed by atoms with van der Waals surface area (Å²) in [4.78, 5) is 25.4. The third-order valence-electron chi connectivity index (χ3n) is 4.85. The number of piperidine rings is 1. The lowest BCUT2D eigenvalue weighted by molar-refractivity contribution is -0.167. The Balaban J connectivity index is 1.94. The predicted molar refractivity (Wildman–Crippen MR) is 86.9 cm³/mol. The molecule has 24 heavy (non-hydrogen) atoms. The van der Waals surface area contributed by atoms with Crippen molar-refractivity contribution in [3.05, 3.63) is 35.6 Å². The Hall–Kier alpha value is -1.95. The van der Waals surface area contributed by atoms with Gasteiger partial charge in [0.25, 0.3) is 0 Å². The number of carbonyl (C=O) groups is 2. The Labute approximate surface area is 141 Å². The Bertz CT molecular complexity index is 606. The van der Waals surface area contributed by atoms with Gasteiger partial charge in [0.15, 0.2) is 0 Å². The summed E-state index contributed by atoms with van der Waals surface area (Å²) in [6, 6.07) is 6.12. The van der Waals surface area contributed by atoms with Crippen LogP contribution in [0.25, 0.3) is 0 Å². The lowest BCUT2D eigenvalue weighted by Crippen LogP contribution is -2.56. The normalized spacial score (nSPS) is 24.0. The van der Waals surface area contributed by atoms with E-state index in [9.17, 15) is 24.2 Å². The van der Waals surface area contributed by atoms with E-state index in [1.54, 1.807) is 12.1 Å². The van der Waals surface area contributed by atoms with Crippen LogP contribution in [-0.2, 0) is 16.0 Å². The van der Waals surface area contributed by atoms with E-state index in [2.05, 4.69) is 0 Å². The van der Waals surface area contributed by atoms with E-state index in [0.717, 1.165) is 5.56 Å². The second-order valence-electron chi connectivity index (χ2n) is 6.45. The molecule has 1 saturated heterocycles. The van der Waals surface area contributed by atoms with Crippen molar-refractivity contribution in [1.29, 1.82) is 0 Å². The molecule has 0 aromatic heterocycles. The van der Waals surface area contributed by atoms with Gasteiger partial charge in [-0.05, 0) is 37.0 Å². The zero-order valence-electron chi connectivity index (χ0n) is 13.9. The van der Waals surface area contributed by atoms with Gasteiger partial charge in [-0.2, -0.15) is 0 Å². The molecule has 2 atom stereocenters. The Morgan fingerprint density at radius 2 is 2.17 bits per heavy atom. The van der Waals surface area contributed by atoms with Crippen LogP contribution in [0.2, 0.25) is 0 Å². The van der Waals surface area contributed by atoms with Gasteiger partial charge in [0, 0.05) is 19.5 Å². The largest absolute Gasteiger partial charge is 0.481 e.